The predicted octanol–water partition coefficient (Wildman–Crippen LogP) is 1.05. The molecule has 0 amide bonds. The normalized spacial score (nSPS) is 19.8. The molecule has 1 fully saturated rings. The van der Waals surface area contributed by atoms with Gasteiger partial charge in [0.05, 0.1) is 12.3 Å². The monoisotopic (exact) mass is 287 g/mol. The number of imidazole rings is 1. The molecule has 1 aliphatic rings. The Morgan fingerprint density at radius 3 is 2.86 bits per heavy atom. The van der Waals surface area contributed by atoms with E-state index in [1.165, 1.54) is 0 Å². The highest BCUT2D eigenvalue weighted by atomic mass is 16.3. The van der Waals surface area contributed by atoms with E-state index in [0.717, 1.165) is 49.7 Å². The second-order valence-corrected chi connectivity index (χ2v) is 5.52. The summed E-state index contributed by atoms with van der Waals surface area (Å²) in [6.45, 7) is 2.92. The van der Waals surface area contributed by atoms with E-state index in [2.05, 4.69) is 19.9 Å². The van der Waals surface area contributed by atoms with Crippen LogP contribution in [0, 0.1) is 0 Å². The predicted molar refractivity (Wildman–Crippen MR) is 79.7 cm³/mol. The van der Waals surface area contributed by atoms with Gasteiger partial charge in [-0.3, -0.25) is 4.98 Å². The van der Waals surface area contributed by atoms with E-state index in [0.29, 0.717) is 5.92 Å². The Bertz CT molecular complexity index is 595. The maximum absolute atomic E-state index is 9.13. The number of aliphatic hydroxyl groups excluding tert-OH is 1. The van der Waals surface area contributed by atoms with Gasteiger partial charge in [0.2, 0.25) is 0 Å². The third kappa shape index (κ3) is 2.96. The summed E-state index contributed by atoms with van der Waals surface area (Å²) >= 11 is 0. The van der Waals surface area contributed by atoms with Crippen LogP contribution in [0.3, 0.4) is 0 Å². The first-order chi connectivity index (χ1) is 10.3. The molecule has 0 unspecified atom stereocenters. The lowest BCUT2D eigenvalue weighted by Crippen LogP contribution is -2.36. The van der Waals surface area contributed by atoms with Crippen molar-refractivity contribution in [3.63, 3.8) is 0 Å². The number of piperidine rings is 1. The summed E-state index contributed by atoms with van der Waals surface area (Å²) in [6, 6.07) is 0. The first-order valence-corrected chi connectivity index (χ1v) is 7.41. The first kappa shape index (κ1) is 14.2. The molecule has 0 bridgehead atoms. The molecule has 0 radical (unpaired) electrons. The molecule has 1 N–H and O–H groups in total. The number of hydrogen-bond donors (Lipinski definition) is 1. The molecule has 2 aromatic heterocycles. The van der Waals surface area contributed by atoms with Crippen molar-refractivity contribution in [2.45, 2.75) is 18.8 Å². The van der Waals surface area contributed by atoms with E-state index in [1.807, 2.05) is 17.8 Å². The van der Waals surface area contributed by atoms with Gasteiger partial charge in [-0.05, 0) is 19.4 Å². The summed E-state index contributed by atoms with van der Waals surface area (Å²) in [5.74, 6) is 1.21. The zero-order valence-corrected chi connectivity index (χ0v) is 12.3. The van der Waals surface area contributed by atoms with Crippen LogP contribution in [0.1, 0.15) is 24.5 Å². The van der Waals surface area contributed by atoms with E-state index in [4.69, 9.17) is 5.11 Å². The average molecular weight is 287 g/mol. The Hall–Kier alpha value is -1.79. The number of β-amino-alcohol motifs (C(OH)–C–C–N with tert-alkyl or cyclic N) is 1. The highest BCUT2D eigenvalue weighted by Gasteiger charge is 2.26. The van der Waals surface area contributed by atoms with E-state index in [-0.39, 0.29) is 6.61 Å². The maximum atomic E-state index is 9.13. The molecule has 0 saturated carbocycles. The van der Waals surface area contributed by atoms with Crippen molar-refractivity contribution >= 4 is 0 Å². The summed E-state index contributed by atoms with van der Waals surface area (Å²) in [7, 11) is 1.97. The van der Waals surface area contributed by atoms with Crippen molar-refractivity contribution in [2.24, 2.45) is 7.05 Å². The molecule has 1 aliphatic heterocycles. The van der Waals surface area contributed by atoms with Gasteiger partial charge in [0, 0.05) is 50.8 Å². The summed E-state index contributed by atoms with van der Waals surface area (Å²) < 4.78 is 1.97. The molecular weight excluding hydrogens is 266 g/mol. The standard InChI is InChI=1S/C15H21N5O/c1-19-8-6-18-15(19)14-13(16-4-5-17-14)12-3-2-7-20(11-12)9-10-21/h4-6,8,12,21H,2-3,7,9-11H2,1H3/t12-/m1/s1. The number of aliphatic hydroxyl groups is 1. The summed E-state index contributed by atoms with van der Waals surface area (Å²) in [4.78, 5) is 15.8. The van der Waals surface area contributed by atoms with Crippen LogP contribution in [0.4, 0.5) is 0 Å². The van der Waals surface area contributed by atoms with Crippen molar-refractivity contribution in [1.82, 2.24) is 24.4 Å². The SMILES string of the molecule is Cn1ccnc1-c1nccnc1[C@@H]1CCCN(CCO)C1. The molecule has 6 heteroatoms. The van der Waals surface area contributed by atoms with Crippen molar-refractivity contribution in [3.05, 3.63) is 30.5 Å². The molecule has 21 heavy (non-hydrogen) atoms. The molecule has 1 saturated heterocycles. The first-order valence-electron chi connectivity index (χ1n) is 7.41. The molecule has 3 rings (SSSR count). The molecule has 0 spiro atoms. The second kappa shape index (κ2) is 6.32. The Morgan fingerprint density at radius 1 is 1.24 bits per heavy atom. The molecular formula is C15H21N5O. The second-order valence-electron chi connectivity index (χ2n) is 5.52. The summed E-state index contributed by atoms with van der Waals surface area (Å²) in [5.41, 5.74) is 1.90. The lowest BCUT2D eigenvalue weighted by atomic mass is 9.93. The third-order valence-electron chi connectivity index (χ3n) is 4.07. The Balaban J connectivity index is 1.90. The van der Waals surface area contributed by atoms with E-state index in [1.54, 1.807) is 18.6 Å². The third-order valence-corrected chi connectivity index (χ3v) is 4.07. The van der Waals surface area contributed by atoms with E-state index >= 15 is 0 Å². The Labute approximate surface area is 124 Å². The Kier molecular flexibility index (Phi) is 4.26. The largest absolute Gasteiger partial charge is 0.395 e. The Morgan fingerprint density at radius 2 is 2.10 bits per heavy atom. The summed E-state index contributed by atoms with van der Waals surface area (Å²) in [5, 5.41) is 9.13. The smallest absolute Gasteiger partial charge is 0.160 e. The van der Waals surface area contributed by atoms with Gasteiger partial charge in [0.25, 0.3) is 0 Å². The molecule has 0 aromatic carbocycles. The highest BCUT2D eigenvalue weighted by molar-refractivity contribution is 5.54. The van der Waals surface area contributed by atoms with E-state index < -0.39 is 0 Å². The van der Waals surface area contributed by atoms with Crippen LogP contribution in [-0.4, -0.2) is 55.8 Å². The molecule has 0 aliphatic carbocycles. The van der Waals surface area contributed by atoms with Gasteiger partial charge < -0.3 is 14.6 Å². The van der Waals surface area contributed by atoms with Crippen molar-refractivity contribution < 1.29 is 5.11 Å². The zero-order valence-electron chi connectivity index (χ0n) is 12.3. The van der Waals surface area contributed by atoms with Crippen LogP contribution in [0.25, 0.3) is 11.5 Å². The van der Waals surface area contributed by atoms with Crippen LogP contribution in [0.5, 0.6) is 0 Å². The number of hydrogen-bond acceptors (Lipinski definition) is 5. The zero-order chi connectivity index (χ0) is 14.7. The van der Waals surface area contributed by atoms with Gasteiger partial charge in [-0.15, -0.1) is 0 Å². The fourth-order valence-corrected chi connectivity index (χ4v) is 3.04. The average Bonchev–Trinajstić information content (AvgIpc) is 2.94. The van der Waals surface area contributed by atoms with Crippen LogP contribution < -0.4 is 0 Å². The molecule has 3 heterocycles. The number of aryl methyl sites for hydroxylation is 1. The van der Waals surface area contributed by atoms with Gasteiger partial charge in [-0.2, -0.15) is 0 Å². The lowest BCUT2D eigenvalue weighted by molar-refractivity contribution is 0.160. The lowest BCUT2D eigenvalue weighted by Gasteiger charge is -2.32. The van der Waals surface area contributed by atoms with Crippen LogP contribution >= 0.6 is 0 Å². The summed E-state index contributed by atoms with van der Waals surface area (Å²) in [6.07, 6.45) is 9.42. The van der Waals surface area contributed by atoms with Crippen molar-refractivity contribution in [2.75, 3.05) is 26.2 Å². The van der Waals surface area contributed by atoms with Crippen LogP contribution in [0.15, 0.2) is 24.8 Å². The topological polar surface area (TPSA) is 67.1 Å². The number of likely N-dealkylation sites (tertiary alicyclic amines) is 1. The maximum Gasteiger partial charge on any atom is 0.160 e. The van der Waals surface area contributed by atoms with Crippen molar-refractivity contribution in [3.8, 4) is 11.5 Å². The van der Waals surface area contributed by atoms with Gasteiger partial charge in [-0.25, -0.2) is 9.97 Å². The molecule has 112 valence electrons. The minimum atomic E-state index is 0.208. The van der Waals surface area contributed by atoms with Gasteiger partial charge in [0.1, 0.15) is 5.69 Å². The highest BCUT2D eigenvalue weighted by Crippen LogP contribution is 2.30. The quantitative estimate of drug-likeness (QED) is 0.910. The van der Waals surface area contributed by atoms with E-state index in [9.17, 15) is 0 Å². The fraction of sp³-hybridized carbons (Fsp3) is 0.533. The van der Waals surface area contributed by atoms with Gasteiger partial charge >= 0.3 is 0 Å². The fourth-order valence-electron chi connectivity index (χ4n) is 3.04. The minimum Gasteiger partial charge on any atom is -0.395 e. The van der Waals surface area contributed by atoms with Gasteiger partial charge in [0.15, 0.2) is 5.82 Å². The van der Waals surface area contributed by atoms with Crippen molar-refractivity contribution in [1.29, 1.82) is 0 Å². The molecule has 2 aromatic rings. The molecule has 6 nitrogen and oxygen atoms in total. The number of aromatic nitrogens is 4. The number of nitrogens with zero attached hydrogens (tertiary/aromatic N) is 5. The number of rotatable bonds is 4. The van der Waals surface area contributed by atoms with Gasteiger partial charge in [-0.1, -0.05) is 0 Å². The van der Waals surface area contributed by atoms with Crippen LogP contribution in [-0.2, 0) is 7.05 Å². The molecule has 1 atom stereocenters. The minimum absolute atomic E-state index is 0.208. The van der Waals surface area contributed by atoms with Crippen LogP contribution in [0.2, 0.25) is 0 Å².